The van der Waals surface area contributed by atoms with Gasteiger partial charge in [-0.25, -0.2) is 19.4 Å². The molecule has 27 heavy (non-hydrogen) atoms. The van der Waals surface area contributed by atoms with Crippen molar-refractivity contribution in [2.45, 2.75) is 25.9 Å². The Morgan fingerprint density at radius 1 is 1.33 bits per heavy atom. The van der Waals surface area contributed by atoms with Gasteiger partial charge in [0, 0.05) is 43.6 Å². The van der Waals surface area contributed by atoms with Crippen molar-refractivity contribution in [3.8, 4) is 5.88 Å². The van der Waals surface area contributed by atoms with Gasteiger partial charge < -0.3 is 20.3 Å². The zero-order valence-electron chi connectivity index (χ0n) is 15.7. The number of aromatic nitrogens is 2. The van der Waals surface area contributed by atoms with Crippen molar-refractivity contribution in [3.05, 3.63) is 48.0 Å². The average molecular weight is 372 g/mol. The first kappa shape index (κ1) is 18.9. The van der Waals surface area contributed by atoms with Crippen LogP contribution in [0.5, 0.6) is 5.88 Å². The van der Waals surface area contributed by atoms with E-state index >= 15 is 0 Å². The van der Waals surface area contributed by atoms with Crippen LogP contribution in [0.3, 0.4) is 0 Å². The summed E-state index contributed by atoms with van der Waals surface area (Å²) in [5.41, 5.74) is 0.917. The standard InChI is InChI=1S/C19H25FN6O/c1-3-21-19(24-12-14-6-4-10-23-18(14)27-2)25-15-8-11-26(13-15)17-16(20)7-5-9-22-17/h4-7,9-10,15H,3,8,11-13H2,1-2H3,(H2,21,24,25). The quantitative estimate of drug-likeness (QED) is 0.596. The predicted octanol–water partition coefficient (Wildman–Crippen LogP) is 1.96. The molecular formula is C19H25FN6O. The fourth-order valence-corrected chi connectivity index (χ4v) is 3.09. The van der Waals surface area contributed by atoms with Crippen molar-refractivity contribution >= 4 is 11.8 Å². The number of anilines is 1. The highest BCUT2D eigenvalue weighted by molar-refractivity contribution is 5.80. The third kappa shape index (κ3) is 4.84. The first-order chi connectivity index (χ1) is 13.2. The molecule has 0 radical (unpaired) electrons. The molecule has 1 atom stereocenters. The number of aliphatic imine (C=N–C) groups is 1. The number of pyridine rings is 2. The molecule has 1 saturated heterocycles. The van der Waals surface area contributed by atoms with Crippen LogP contribution in [0.4, 0.5) is 10.2 Å². The molecule has 0 spiro atoms. The van der Waals surface area contributed by atoms with E-state index in [4.69, 9.17) is 4.74 Å². The number of guanidine groups is 1. The number of ether oxygens (including phenoxy) is 1. The van der Waals surface area contributed by atoms with Crippen molar-refractivity contribution in [3.63, 3.8) is 0 Å². The van der Waals surface area contributed by atoms with Crippen LogP contribution in [-0.2, 0) is 6.54 Å². The lowest BCUT2D eigenvalue weighted by atomic mass is 10.2. The van der Waals surface area contributed by atoms with Gasteiger partial charge in [-0.15, -0.1) is 0 Å². The number of rotatable bonds is 6. The van der Waals surface area contributed by atoms with Crippen molar-refractivity contribution in [1.82, 2.24) is 20.6 Å². The summed E-state index contributed by atoms with van der Waals surface area (Å²) in [7, 11) is 1.60. The Bertz CT molecular complexity index is 784. The summed E-state index contributed by atoms with van der Waals surface area (Å²) < 4.78 is 19.2. The van der Waals surface area contributed by atoms with E-state index in [1.165, 1.54) is 6.07 Å². The molecule has 7 nitrogen and oxygen atoms in total. The van der Waals surface area contributed by atoms with E-state index in [-0.39, 0.29) is 11.9 Å². The van der Waals surface area contributed by atoms with E-state index < -0.39 is 0 Å². The molecule has 2 N–H and O–H groups in total. The minimum Gasteiger partial charge on any atom is -0.481 e. The number of nitrogens with one attached hydrogen (secondary N) is 2. The minimum atomic E-state index is -0.289. The molecule has 0 amide bonds. The van der Waals surface area contributed by atoms with E-state index in [1.807, 2.05) is 24.0 Å². The van der Waals surface area contributed by atoms with Gasteiger partial charge in [-0.1, -0.05) is 6.07 Å². The third-order valence-electron chi connectivity index (χ3n) is 4.36. The monoisotopic (exact) mass is 372 g/mol. The van der Waals surface area contributed by atoms with Gasteiger partial charge in [-0.05, 0) is 31.5 Å². The van der Waals surface area contributed by atoms with E-state index in [0.29, 0.717) is 24.8 Å². The van der Waals surface area contributed by atoms with Crippen LogP contribution in [0.25, 0.3) is 0 Å². The molecular weight excluding hydrogens is 347 g/mol. The van der Waals surface area contributed by atoms with Crippen molar-refractivity contribution < 1.29 is 9.13 Å². The third-order valence-corrected chi connectivity index (χ3v) is 4.36. The zero-order chi connectivity index (χ0) is 19.1. The van der Waals surface area contributed by atoms with Gasteiger partial charge in [-0.3, -0.25) is 0 Å². The highest BCUT2D eigenvalue weighted by Gasteiger charge is 2.25. The lowest BCUT2D eigenvalue weighted by Crippen LogP contribution is -2.44. The topological polar surface area (TPSA) is 74.7 Å². The summed E-state index contributed by atoms with van der Waals surface area (Å²) in [6, 6.07) is 7.02. The van der Waals surface area contributed by atoms with Crippen LogP contribution in [0, 0.1) is 5.82 Å². The largest absolute Gasteiger partial charge is 0.481 e. The maximum absolute atomic E-state index is 14.0. The smallest absolute Gasteiger partial charge is 0.218 e. The van der Waals surface area contributed by atoms with Crippen LogP contribution >= 0.6 is 0 Å². The van der Waals surface area contributed by atoms with Gasteiger partial charge in [0.25, 0.3) is 0 Å². The van der Waals surface area contributed by atoms with Gasteiger partial charge in [0.05, 0.1) is 13.7 Å². The summed E-state index contributed by atoms with van der Waals surface area (Å²) in [6.07, 6.45) is 4.20. The minimum absolute atomic E-state index is 0.167. The Kier molecular flexibility index (Phi) is 6.40. The van der Waals surface area contributed by atoms with Gasteiger partial charge >= 0.3 is 0 Å². The number of nitrogens with zero attached hydrogens (tertiary/aromatic N) is 4. The van der Waals surface area contributed by atoms with Crippen molar-refractivity contribution in [2.24, 2.45) is 4.99 Å². The average Bonchev–Trinajstić information content (AvgIpc) is 3.15. The fraction of sp³-hybridized carbons (Fsp3) is 0.421. The maximum atomic E-state index is 14.0. The highest BCUT2D eigenvalue weighted by Crippen LogP contribution is 2.21. The molecule has 2 aromatic rings. The van der Waals surface area contributed by atoms with Gasteiger partial charge in [0.2, 0.25) is 5.88 Å². The normalized spacial score (nSPS) is 17.1. The molecule has 8 heteroatoms. The van der Waals surface area contributed by atoms with Crippen LogP contribution in [0.15, 0.2) is 41.7 Å². The Morgan fingerprint density at radius 2 is 2.15 bits per heavy atom. The first-order valence-corrected chi connectivity index (χ1v) is 9.09. The number of hydrogen-bond acceptors (Lipinski definition) is 5. The molecule has 3 heterocycles. The molecule has 0 aliphatic carbocycles. The molecule has 1 aliphatic heterocycles. The lowest BCUT2D eigenvalue weighted by Gasteiger charge is -2.20. The highest BCUT2D eigenvalue weighted by atomic mass is 19.1. The van der Waals surface area contributed by atoms with Crippen molar-refractivity contribution in [1.29, 1.82) is 0 Å². The molecule has 1 unspecified atom stereocenters. The van der Waals surface area contributed by atoms with Crippen molar-refractivity contribution in [2.75, 3.05) is 31.6 Å². The summed E-state index contributed by atoms with van der Waals surface area (Å²) in [4.78, 5) is 15.0. The van der Waals surface area contributed by atoms with Gasteiger partial charge in [0.1, 0.15) is 0 Å². The second-order valence-electron chi connectivity index (χ2n) is 6.25. The second kappa shape index (κ2) is 9.16. The Hall–Kier alpha value is -2.90. The molecule has 0 aromatic carbocycles. The molecule has 2 aromatic heterocycles. The number of methoxy groups -OCH3 is 1. The molecule has 144 valence electrons. The van der Waals surface area contributed by atoms with E-state index in [2.05, 4.69) is 25.6 Å². The summed E-state index contributed by atoms with van der Waals surface area (Å²) in [5, 5.41) is 6.68. The Labute approximate surface area is 158 Å². The second-order valence-corrected chi connectivity index (χ2v) is 6.25. The maximum Gasteiger partial charge on any atom is 0.218 e. The predicted molar refractivity (Wildman–Crippen MR) is 104 cm³/mol. The van der Waals surface area contributed by atoms with E-state index in [1.54, 1.807) is 25.6 Å². The SMILES string of the molecule is CCNC(=NCc1cccnc1OC)NC1CCN(c2ncccc2F)C1. The molecule has 0 bridgehead atoms. The zero-order valence-corrected chi connectivity index (χ0v) is 15.7. The number of hydrogen-bond donors (Lipinski definition) is 2. The Balaban J connectivity index is 1.64. The van der Waals surface area contributed by atoms with Crippen LogP contribution in [0.2, 0.25) is 0 Å². The molecule has 0 saturated carbocycles. The van der Waals surface area contributed by atoms with Crippen LogP contribution in [0.1, 0.15) is 18.9 Å². The summed E-state index contributed by atoms with van der Waals surface area (Å²) in [6.45, 7) is 4.65. The Morgan fingerprint density at radius 3 is 2.93 bits per heavy atom. The lowest BCUT2D eigenvalue weighted by molar-refractivity contribution is 0.392. The van der Waals surface area contributed by atoms with Crippen LogP contribution < -0.4 is 20.3 Å². The van der Waals surface area contributed by atoms with Gasteiger partial charge in [-0.2, -0.15) is 0 Å². The van der Waals surface area contributed by atoms with E-state index in [0.717, 1.165) is 31.0 Å². The van der Waals surface area contributed by atoms with Crippen LogP contribution in [-0.4, -0.2) is 48.7 Å². The molecule has 1 aliphatic rings. The van der Waals surface area contributed by atoms with Gasteiger partial charge in [0.15, 0.2) is 17.6 Å². The molecule has 3 rings (SSSR count). The summed E-state index contributed by atoms with van der Waals surface area (Å²) >= 11 is 0. The summed E-state index contributed by atoms with van der Waals surface area (Å²) in [5.74, 6) is 1.41. The van der Waals surface area contributed by atoms with E-state index in [9.17, 15) is 4.39 Å². The fourth-order valence-electron chi connectivity index (χ4n) is 3.09. The first-order valence-electron chi connectivity index (χ1n) is 9.09. The number of halogens is 1. The molecule has 1 fully saturated rings.